The summed E-state index contributed by atoms with van der Waals surface area (Å²) in [6.45, 7) is 2.00. The van der Waals surface area contributed by atoms with Crippen LogP contribution < -0.4 is 0 Å². The molecule has 0 amide bonds. The maximum atomic E-state index is 4.76. The molecule has 43 heavy (non-hydrogen) atoms. The second-order valence-electron chi connectivity index (χ2n) is 11.1. The molecule has 0 saturated heterocycles. The lowest BCUT2D eigenvalue weighted by Crippen LogP contribution is -1.91. The summed E-state index contributed by atoms with van der Waals surface area (Å²) in [5.41, 5.74) is 10.3. The Bertz CT molecular complexity index is 2220. The predicted octanol–water partition coefficient (Wildman–Crippen LogP) is 10.9. The molecule has 2 nitrogen and oxygen atoms in total. The molecule has 0 fully saturated rings. The van der Waals surface area contributed by atoms with Gasteiger partial charge in [0, 0.05) is 29.2 Å². The standard InChI is InChI=1S/C41H28N2/c1-27-24-32(22-23-42-27)39-21-20-34(26-43-39)29-14-17-30(18-15-29)40-35-10-4-6-12-37(35)41(38-13-7-5-11-36(38)40)33-19-16-28-8-2-3-9-31(28)25-33/h2-26H,1H3. The van der Waals surface area contributed by atoms with Gasteiger partial charge in [0.25, 0.3) is 0 Å². The second kappa shape index (κ2) is 10.3. The van der Waals surface area contributed by atoms with E-state index in [0.717, 1.165) is 28.1 Å². The third-order valence-electron chi connectivity index (χ3n) is 8.43. The summed E-state index contributed by atoms with van der Waals surface area (Å²) in [5, 5.41) is 7.56. The molecule has 2 heteroatoms. The van der Waals surface area contributed by atoms with Gasteiger partial charge in [-0.1, -0.05) is 115 Å². The van der Waals surface area contributed by atoms with Gasteiger partial charge in [-0.15, -0.1) is 0 Å². The van der Waals surface area contributed by atoms with Gasteiger partial charge < -0.3 is 0 Å². The van der Waals surface area contributed by atoms with Crippen LogP contribution in [0.1, 0.15) is 5.69 Å². The molecule has 8 rings (SSSR count). The zero-order valence-corrected chi connectivity index (χ0v) is 23.8. The molecule has 2 heterocycles. The van der Waals surface area contributed by atoms with Crippen molar-refractivity contribution in [1.29, 1.82) is 0 Å². The van der Waals surface area contributed by atoms with E-state index in [2.05, 4.69) is 138 Å². The lowest BCUT2D eigenvalue weighted by atomic mass is 9.85. The molecule has 0 aliphatic carbocycles. The van der Waals surface area contributed by atoms with Gasteiger partial charge in [-0.2, -0.15) is 0 Å². The van der Waals surface area contributed by atoms with Crippen LogP contribution in [0, 0.1) is 6.92 Å². The van der Waals surface area contributed by atoms with Crippen molar-refractivity contribution in [2.75, 3.05) is 0 Å². The summed E-state index contributed by atoms with van der Waals surface area (Å²) in [4.78, 5) is 9.06. The molecule has 0 N–H and O–H groups in total. The molecular formula is C41H28N2. The van der Waals surface area contributed by atoms with E-state index < -0.39 is 0 Å². The fraction of sp³-hybridized carbons (Fsp3) is 0.0244. The first-order valence-electron chi connectivity index (χ1n) is 14.7. The van der Waals surface area contributed by atoms with Crippen LogP contribution >= 0.6 is 0 Å². The van der Waals surface area contributed by atoms with Gasteiger partial charge in [0.15, 0.2) is 0 Å². The average Bonchev–Trinajstić information content (AvgIpc) is 3.07. The highest BCUT2D eigenvalue weighted by Crippen LogP contribution is 2.44. The van der Waals surface area contributed by atoms with E-state index in [1.165, 1.54) is 54.6 Å². The molecule has 0 unspecified atom stereocenters. The summed E-state index contributed by atoms with van der Waals surface area (Å²) in [6, 6.07) is 50.3. The number of hydrogen-bond donors (Lipinski definition) is 0. The normalized spacial score (nSPS) is 11.4. The quantitative estimate of drug-likeness (QED) is 0.204. The minimum atomic E-state index is 0.954. The molecule has 2 aromatic heterocycles. The smallest absolute Gasteiger partial charge is 0.0703 e. The van der Waals surface area contributed by atoms with Crippen molar-refractivity contribution in [2.45, 2.75) is 6.92 Å². The van der Waals surface area contributed by atoms with Crippen LogP contribution in [0.2, 0.25) is 0 Å². The van der Waals surface area contributed by atoms with Crippen LogP contribution in [0.5, 0.6) is 0 Å². The van der Waals surface area contributed by atoms with Crippen molar-refractivity contribution in [1.82, 2.24) is 9.97 Å². The van der Waals surface area contributed by atoms with Gasteiger partial charge in [-0.3, -0.25) is 9.97 Å². The van der Waals surface area contributed by atoms with Crippen molar-refractivity contribution in [3.8, 4) is 44.6 Å². The minimum Gasteiger partial charge on any atom is -0.262 e. The highest BCUT2D eigenvalue weighted by Gasteiger charge is 2.16. The number of aromatic nitrogens is 2. The van der Waals surface area contributed by atoms with Crippen molar-refractivity contribution < 1.29 is 0 Å². The number of aryl methyl sites for hydroxylation is 1. The Morgan fingerprint density at radius 1 is 0.395 bits per heavy atom. The molecule has 0 aliphatic heterocycles. The summed E-state index contributed by atoms with van der Waals surface area (Å²) < 4.78 is 0. The van der Waals surface area contributed by atoms with E-state index >= 15 is 0 Å². The SMILES string of the molecule is Cc1cc(-c2ccc(-c3ccc(-c4c5ccccc5c(-c5ccc6ccccc6c5)c5ccccc45)cc3)cn2)ccn1. The first kappa shape index (κ1) is 25.1. The number of fused-ring (bicyclic) bond motifs is 3. The third-order valence-corrected chi connectivity index (χ3v) is 8.43. The molecule has 0 spiro atoms. The first-order chi connectivity index (χ1) is 21.2. The Labute approximate surface area is 251 Å². The van der Waals surface area contributed by atoms with Gasteiger partial charge >= 0.3 is 0 Å². The Morgan fingerprint density at radius 2 is 0.953 bits per heavy atom. The average molecular weight is 549 g/mol. The van der Waals surface area contributed by atoms with Crippen molar-refractivity contribution in [2.24, 2.45) is 0 Å². The van der Waals surface area contributed by atoms with E-state index in [0.29, 0.717) is 0 Å². The minimum absolute atomic E-state index is 0.954. The molecule has 0 saturated carbocycles. The zero-order chi connectivity index (χ0) is 28.8. The summed E-state index contributed by atoms with van der Waals surface area (Å²) in [7, 11) is 0. The fourth-order valence-corrected chi connectivity index (χ4v) is 6.36. The fourth-order valence-electron chi connectivity index (χ4n) is 6.36. The van der Waals surface area contributed by atoms with E-state index in [-0.39, 0.29) is 0 Å². The molecule has 0 aliphatic rings. The van der Waals surface area contributed by atoms with Crippen LogP contribution in [-0.2, 0) is 0 Å². The highest BCUT2D eigenvalue weighted by molar-refractivity contribution is 6.21. The van der Waals surface area contributed by atoms with E-state index in [1.54, 1.807) is 0 Å². The Hall–Kier alpha value is -5.60. The Morgan fingerprint density at radius 3 is 1.58 bits per heavy atom. The maximum absolute atomic E-state index is 4.76. The second-order valence-corrected chi connectivity index (χ2v) is 11.1. The third kappa shape index (κ3) is 4.45. The highest BCUT2D eigenvalue weighted by atomic mass is 14.7. The lowest BCUT2D eigenvalue weighted by Gasteiger charge is -2.18. The first-order valence-corrected chi connectivity index (χ1v) is 14.7. The number of pyridine rings is 2. The van der Waals surface area contributed by atoms with E-state index in [1.807, 2.05) is 25.4 Å². The number of hydrogen-bond acceptors (Lipinski definition) is 2. The van der Waals surface area contributed by atoms with E-state index in [9.17, 15) is 0 Å². The van der Waals surface area contributed by atoms with Gasteiger partial charge in [0.1, 0.15) is 0 Å². The van der Waals surface area contributed by atoms with Crippen LogP contribution in [0.25, 0.3) is 77.0 Å². The van der Waals surface area contributed by atoms with Crippen molar-refractivity contribution in [3.63, 3.8) is 0 Å². The Balaban J connectivity index is 1.25. The molecule has 8 aromatic rings. The van der Waals surface area contributed by atoms with Gasteiger partial charge in [-0.05, 0) is 91.3 Å². The topological polar surface area (TPSA) is 25.8 Å². The summed E-state index contributed by atoms with van der Waals surface area (Å²) >= 11 is 0. The van der Waals surface area contributed by atoms with Crippen LogP contribution in [-0.4, -0.2) is 9.97 Å². The monoisotopic (exact) mass is 548 g/mol. The maximum Gasteiger partial charge on any atom is 0.0703 e. The zero-order valence-electron chi connectivity index (χ0n) is 23.8. The molecule has 0 bridgehead atoms. The number of rotatable bonds is 4. The van der Waals surface area contributed by atoms with Gasteiger partial charge in [0.2, 0.25) is 0 Å². The van der Waals surface area contributed by atoms with Gasteiger partial charge in [0.05, 0.1) is 5.69 Å². The predicted molar refractivity (Wildman–Crippen MR) is 181 cm³/mol. The van der Waals surface area contributed by atoms with Gasteiger partial charge in [-0.25, -0.2) is 0 Å². The lowest BCUT2D eigenvalue weighted by molar-refractivity contribution is 1.19. The molecule has 6 aromatic carbocycles. The van der Waals surface area contributed by atoms with Crippen LogP contribution in [0.4, 0.5) is 0 Å². The number of benzene rings is 6. The summed E-state index contributed by atoms with van der Waals surface area (Å²) in [6.07, 6.45) is 3.80. The van der Waals surface area contributed by atoms with Crippen LogP contribution in [0.15, 0.2) is 152 Å². The van der Waals surface area contributed by atoms with Crippen LogP contribution in [0.3, 0.4) is 0 Å². The molecule has 0 radical (unpaired) electrons. The van der Waals surface area contributed by atoms with Crippen molar-refractivity contribution in [3.05, 3.63) is 158 Å². The largest absolute Gasteiger partial charge is 0.262 e. The molecular weight excluding hydrogens is 520 g/mol. The van der Waals surface area contributed by atoms with E-state index in [4.69, 9.17) is 4.98 Å². The summed E-state index contributed by atoms with van der Waals surface area (Å²) in [5.74, 6) is 0. The Kier molecular flexibility index (Phi) is 6.05. The van der Waals surface area contributed by atoms with Crippen molar-refractivity contribution >= 4 is 32.3 Å². The molecule has 202 valence electrons. The number of nitrogens with zero attached hydrogens (tertiary/aromatic N) is 2. The molecule has 0 atom stereocenters.